The lowest BCUT2D eigenvalue weighted by Crippen LogP contribution is -2.29. The van der Waals surface area contributed by atoms with E-state index in [1.54, 1.807) is 0 Å². The fraction of sp³-hybridized carbons (Fsp3) is 0.143. The van der Waals surface area contributed by atoms with E-state index in [9.17, 15) is 0 Å². The SMILES string of the molecule is CB(c1ccccc1)C1C=CC=CC=C1. The Hall–Kier alpha value is -1.50. The quantitative estimate of drug-likeness (QED) is 0.634. The van der Waals surface area contributed by atoms with Crippen LogP contribution in [-0.4, -0.2) is 6.71 Å². The third-order valence-corrected chi connectivity index (χ3v) is 2.90. The van der Waals surface area contributed by atoms with E-state index in [0.717, 1.165) is 0 Å². The van der Waals surface area contributed by atoms with Crippen molar-refractivity contribution in [2.24, 2.45) is 0 Å². The lowest BCUT2D eigenvalue weighted by atomic mass is 9.39. The van der Waals surface area contributed by atoms with Gasteiger partial charge in [0.05, 0.1) is 0 Å². The number of hydrogen-bond donors (Lipinski definition) is 0. The number of rotatable bonds is 2. The topological polar surface area (TPSA) is 0 Å². The van der Waals surface area contributed by atoms with Gasteiger partial charge in [-0.3, -0.25) is 0 Å². The molecule has 1 aromatic rings. The molecule has 1 aliphatic carbocycles. The fourth-order valence-corrected chi connectivity index (χ4v) is 1.89. The first kappa shape index (κ1) is 10.0. The van der Waals surface area contributed by atoms with Crippen molar-refractivity contribution in [2.45, 2.75) is 12.6 Å². The lowest BCUT2D eigenvalue weighted by Gasteiger charge is -2.14. The van der Waals surface area contributed by atoms with Crippen LogP contribution in [-0.2, 0) is 0 Å². The van der Waals surface area contributed by atoms with E-state index in [0.29, 0.717) is 12.5 Å². The van der Waals surface area contributed by atoms with E-state index < -0.39 is 0 Å². The molecule has 1 aliphatic rings. The molecule has 0 fully saturated rings. The average molecular weight is 194 g/mol. The van der Waals surface area contributed by atoms with Gasteiger partial charge in [-0.15, -0.1) is 0 Å². The van der Waals surface area contributed by atoms with E-state index in [1.807, 2.05) is 0 Å². The van der Waals surface area contributed by atoms with Crippen LogP contribution in [0.5, 0.6) is 0 Å². The van der Waals surface area contributed by atoms with Crippen LogP contribution in [0, 0.1) is 0 Å². The smallest absolute Gasteiger partial charge is 0.0845 e. The first-order chi connectivity index (χ1) is 7.38. The molecule has 0 unspecified atom stereocenters. The summed E-state index contributed by atoms with van der Waals surface area (Å²) in [5.41, 5.74) is 1.40. The Morgan fingerprint density at radius 2 is 1.47 bits per heavy atom. The molecule has 0 saturated heterocycles. The van der Waals surface area contributed by atoms with Crippen molar-refractivity contribution in [3.63, 3.8) is 0 Å². The van der Waals surface area contributed by atoms with Crippen molar-refractivity contribution in [1.82, 2.24) is 0 Å². The predicted molar refractivity (Wildman–Crippen MR) is 68.9 cm³/mol. The van der Waals surface area contributed by atoms with E-state index >= 15 is 0 Å². The minimum Gasteiger partial charge on any atom is -0.0845 e. The van der Waals surface area contributed by atoms with Crippen LogP contribution in [0.1, 0.15) is 0 Å². The highest BCUT2D eigenvalue weighted by Crippen LogP contribution is 2.16. The highest BCUT2D eigenvalue weighted by atomic mass is 14.0. The van der Waals surface area contributed by atoms with E-state index in [1.165, 1.54) is 5.46 Å². The zero-order chi connectivity index (χ0) is 10.5. The second-order valence-electron chi connectivity index (χ2n) is 3.93. The Labute approximate surface area is 92.1 Å². The summed E-state index contributed by atoms with van der Waals surface area (Å²) in [4.78, 5) is 0. The third-order valence-electron chi connectivity index (χ3n) is 2.90. The summed E-state index contributed by atoms with van der Waals surface area (Å²) in [7, 11) is 0. The summed E-state index contributed by atoms with van der Waals surface area (Å²) in [6.45, 7) is 2.82. The number of hydrogen-bond acceptors (Lipinski definition) is 0. The van der Waals surface area contributed by atoms with Gasteiger partial charge in [-0.2, -0.15) is 0 Å². The zero-order valence-corrected chi connectivity index (χ0v) is 9.01. The first-order valence-corrected chi connectivity index (χ1v) is 5.44. The Balaban J connectivity index is 2.18. The average Bonchev–Trinajstić information content (AvgIpc) is 2.58. The molecule has 1 aromatic carbocycles. The first-order valence-electron chi connectivity index (χ1n) is 5.44. The van der Waals surface area contributed by atoms with Crippen molar-refractivity contribution in [2.75, 3.05) is 0 Å². The van der Waals surface area contributed by atoms with Crippen LogP contribution < -0.4 is 5.46 Å². The van der Waals surface area contributed by atoms with Crippen molar-refractivity contribution in [1.29, 1.82) is 0 Å². The summed E-state index contributed by atoms with van der Waals surface area (Å²) < 4.78 is 0. The maximum atomic E-state index is 2.28. The minimum absolute atomic E-state index is 0.502. The molecule has 74 valence electrons. The molecule has 2 rings (SSSR count). The standard InChI is InChI=1S/C14H15B/c1-15(14-11-7-4-8-12-14)13-9-5-2-3-6-10-13/h2-13H,1H3. The minimum atomic E-state index is 0.502. The second kappa shape index (κ2) is 4.83. The maximum Gasteiger partial charge on any atom is 0.183 e. The van der Waals surface area contributed by atoms with Gasteiger partial charge in [0.2, 0.25) is 0 Å². The number of benzene rings is 1. The Morgan fingerprint density at radius 1 is 0.867 bits per heavy atom. The Morgan fingerprint density at radius 3 is 2.07 bits per heavy atom. The van der Waals surface area contributed by atoms with Gasteiger partial charge < -0.3 is 0 Å². The summed E-state index contributed by atoms with van der Waals surface area (Å²) in [6, 6.07) is 10.7. The summed E-state index contributed by atoms with van der Waals surface area (Å²) in [6.07, 6.45) is 12.9. The second-order valence-corrected chi connectivity index (χ2v) is 3.93. The van der Waals surface area contributed by atoms with Crippen molar-refractivity contribution < 1.29 is 0 Å². The third kappa shape index (κ3) is 2.50. The summed E-state index contributed by atoms with van der Waals surface area (Å²) >= 11 is 0. The van der Waals surface area contributed by atoms with Crippen LogP contribution in [0.15, 0.2) is 66.8 Å². The molecule has 0 aromatic heterocycles. The maximum absolute atomic E-state index is 2.28. The zero-order valence-electron chi connectivity index (χ0n) is 9.01. The summed E-state index contributed by atoms with van der Waals surface area (Å²) in [5.74, 6) is 0.502. The van der Waals surface area contributed by atoms with Gasteiger partial charge in [-0.25, -0.2) is 0 Å². The van der Waals surface area contributed by atoms with Gasteiger partial charge in [0.15, 0.2) is 6.71 Å². The molecule has 0 nitrogen and oxygen atoms in total. The largest absolute Gasteiger partial charge is 0.183 e. The molecule has 0 N–H and O–H groups in total. The van der Waals surface area contributed by atoms with Crippen molar-refractivity contribution in [3.8, 4) is 0 Å². The van der Waals surface area contributed by atoms with Gasteiger partial charge >= 0.3 is 0 Å². The van der Waals surface area contributed by atoms with Crippen LogP contribution in [0.25, 0.3) is 0 Å². The van der Waals surface area contributed by atoms with E-state index in [2.05, 4.69) is 73.6 Å². The fourth-order valence-electron chi connectivity index (χ4n) is 1.89. The van der Waals surface area contributed by atoms with Crippen molar-refractivity contribution >= 4 is 12.2 Å². The van der Waals surface area contributed by atoms with Gasteiger partial charge in [-0.1, -0.05) is 79.1 Å². The Bertz CT molecular complexity index is 371. The molecule has 0 saturated carbocycles. The normalized spacial score (nSPS) is 15.3. The van der Waals surface area contributed by atoms with Gasteiger partial charge in [-0.05, 0) is 5.82 Å². The highest BCUT2D eigenvalue weighted by molar-refractivity contribution is 6.74. The van der Waals surface area contributed by atoms with Crippen LogP contribution >= 0.6 is 0 Å². The van der Waals surface area contributed by atoms with Crippen LogP contribution in [0.2, 0.25) is 12.6 Å². The molecule has 0 aliphatic heterocycles. The Kier molecular flexibility index (Phi) is 3.23. The molecule has 0 spiro atoms. The molecule has 0 atom stereocenters. The van der Waals surface area contributed by atoms with Crippen LogP contribution in [0.3, 0.4) is 0 Å². The van der Waals surface area contributed by atoms with Gasteiger partial charge in [0.1, 0.15) is 0 Å². The van der Waals surface area contributed by atoms with Crippen molar-refractivity contribution in [3.05, 3.63) is 66.8 Å². The molecular weight excluding hydrogens is 179 g/mol. The molecule has 15 heavy (non-hydrogen) atoms. The molecule has 0 bridgehead atoms. The number of allylic oxidation sites excluding steroid dienone is 6. The van der Waals surface area contributed by atoms with Gasteiger partial charge in [0.25, 0.3) is 0 Å². The molecule has 0 radical (unpaired) electrons. The van der Waals surface area contributed by atoms with Crippen LogP contribution in [0.4, 0.5) is 0 Å². The molecular formula is C14H15B. The van der Waals surface area contributed by atoms with Gasteiger partial charge in [0, 0.05) is 0 Å². The summed E-state index contributed by atoms with van der Waals surface area (Å²) in [5, 5.41) is 0. The monoisotopic (exact) mass is 194 g/mol. The molecule has 1 heteroatoms. The van der Waals surface area contributed by atoms with E-state index in [4.69, 9.17) is 0 Å². The highest BCUT2D eigenvalue weighted by Gasteiger charge is 2.17. The molecule has 0 heterocycles. The lowest BCUT2D eigenvalue weighted by molar-refractivity contribution is 1.33. The molecule has 0 amide bonds. The van der Waals surface area contributed by atoms with E-state index in [-0.39, 0.29) is 0 Å². The predicted octanol–water partition coefficient (Wildman–Crippen LogP) is 3.07.